The highest BCUT2D eigenvalue weighted by Gasteiger charge is 2.13. The Labute approximate surface area is 156 Å². The standard InChI is InChI=1S/C22H28N2O2/c1-17(19-10-12-21(26-2)13-11-19)23-22(25)20-8-6-18(7-9-20)16-24-14-4-3-5-15-24/h6-13,17H,3-5,14-16H2,1-2H3,(H,23,25)/t17-/m1/s1. The van der Waals surface area contributed by atoms with Gasteiger partial charge in [-0.3, -0.25) is 9.69 Å². The van der Waals surface area contributed by atoms with E-state index in [0.29, 0.717) is 5.56 Å². The van der Waals surface area contributed by atoms with Gasteiger partial charge in [-0.25, -0.2) is 0 Å². The van der Waals surface area contributed by atoms with Gasteiger partial charge in [0.25, 0.3) is 5.91 Å². The Morgan fingerprint density at radius 1 is 1.04 bits per heavy atom. The van der Waals surface area contributed by atoms with Crippen molar-refractivity contribution in [1.29, 1.82) is 0 Å². The number of amides is 1. The fraction of sp³-hybridized carbons (Fsp3) is 0.409. The van der Waals surface area contributed by atoms with E-state index in [4.69, 9.17) is 4.74 Å². The SMILES string of the molecule is COc1ccc([C@@H](C)NC(=O)c2ccc(CN3CCCCC3)cc2)cc1. The molecular weight excluding hydrogens is 324 g/mol. The molecule has 0 aromatic heterocycles. The number of nitrogens with zero attached hydrogens (tertiary/aromatic N) is 1. The summed E-state index contributed by atoms with van der Waals surface area (Å²) in [6.07, 6.45) is 3.94. The number of benzene rings is 2. The number of piperidine rings is 1. The van der Waals surface area contributed by atoms with Gasteiger partial charge in [0.1, 0.15) is 5.75 Å². The predicted molar refractivity (Wildman–Crippen MR) is 104 cm³/mol. The molecule has 26 heavy (non-hydrogen) atoms. The van der Waals surface area contributed by atoms with Gasteiger partial charge in [0.05, 0.1) is 13.2 Å². The lowest BCUT2D eigenvalue weighted by Gasteiger charge is -2.26. The lowest BCUT2D eigenvalue weighted by molar-refractivity contribution is 0.0940. The number of carbonyl (C=O) groups is 1. The van der Waals surface area contributed by atoms with Crippen molar-refractivity contribution in [3.63, 3.8) is 0 Å². The number of likely N-dealkylation sites (tertiary alicyclic amines) is 1. The van der Waals surface area contributed by atoms with Gasteiger partial charge >= 0.3 is 0 Å². The van der Waals surface area contributed by atoms with Crippen LogP contribution in [-0.4, -0.2) is 31.0 Å². The first-order valence-electron chi connectivity index (χ1n) is 9.42. The molecule has 1 heterocycles. The molecule has 0 bridgehead atoms. The fourth-order valence-corrected chi connectivity index (χ4v) is 3.39. The number of methoxy groups -OCH3 is 1. The van der Waals surface area contributed by atoms with E-state index < -0.39 is 0 Å². The van der Waals surface area contributed by atoms with Crippen LogP contribution in [-0.2, 0) is 6.54 Å². The molecule has 0 aliphatic carbocycles. The van der Waals surface area contributed by atoms with Crippen molar-refractivity contribution < 1.29 is 9.53 Å². The van der Waals surface area contributed by atoms with Gasteiger partial charge in [-0.2, -0.15) is 0 Å². The summed E-state index contributed by atoms with van der Waals surface area (Å²) < 4.78 is 5.17. The molecule has 2 aromatic rings. The summed E-state index contributed by atoms with van der Waals surface area (Å²) in [5, 5.41) is 3.06. The van der Waals surface area contributed by atoms with Gasteiger partial charge in [-0.15, -0.1) is 0 Å². The molecule has 1 saturated heterocycles. The molecule has 0 saturated carbocycles. The molecule has 1 amide bonds. The van der Waals surface area contributed by atoms with Crippen LogP contribution in [0.25, 0.3) is 0 Å². The monoisotopic (exact) mass is 352 g/mol. The normalized spacial score (nSPS) is 16.1. The first kappa shape index (κ1) is 18.5. The second-order valence-corrected chi connectivity index (χ2v) is 7.00. The predicted octanol–water partition coefficient (Wildman–Crippen LogP) is 4.17. The zero-order valence-electron chi connectivity index (χ0n) is 15.7. The first-order chi connectivity index (χ1) is 12.7. The quantitative estimate of drug-likeness (QED) is 0.848. The topological polar surface area (TPSA) is 41.6 Å². The van der Waals surface area contributed by atoms with Gasteiger partial charge in [-0.05, 0) is 68.2 Å². The van der Waals surface area contributed by atoms with Crippen LogP contribution >= 0.6 is 0 Å². The zero-order valence-corrected chi connectivity index (χ0v) is 15.7. The summed E-state index contributed by atoms with van der Waals surface area (Å²) in [5.41, 5.74) is 3.03. The van der Waals surface area contributed by atoms with E-state index in [2.05, 4.69) is 22.3 Å². The van der Waals surface area contributed by atoms with Crippen molar-refractivity contribution in [2.75, 3.05) is 20.2 Å². The highest BCUT2D eigenvalue weighted by atomic mass is 16.5. The van der Waals surface area contributed by atoms with Crippen LogP contribution in [0.15, 0.2) is 48.5 Å². The first-order valence-corrected chi connectivity index (χ1v) is 9.42. The molecule has 4 heteroatoms. The van der Waals surface area contributed by atoms with Crippen molar-refractivity contribution in [2.45, 2.75) is 38.8 Å². The molecule has 2 aromatic carbocycles. The Kier molecular flexibility index (Phi) is 6.29. The molecule has 3 rings (SSSR count). The highest BCUT2D eigenvalue weighted by Crippen LogP contribution is 2.18. The van der Waals surface area contributed by atoms with Crippen LogP contribution < -0.4 is 10.1 Å². The molecule has 4 nitrogen and oxygen atoms in total. The summed E-state index contributed by atoms with van der Waals surface area (Å²) in [4.78, 5) is 15.0. The molecule has 1 aliphatic heterocycles. The van der Waals surface area contributed by atoms with E-state index in [1.807, 2.05) is 43.3 Å². The van der Waals surface area contributed by atoms with E-state index in [9.17, 15) is 4.79 Å². The largest absolute Gasteiger partial charge is 0.497 e. The average molecular weight is 352 g/mol. The molecule has 0 radical (unpaired) electrons. The van der Waals surface area contributed by atoms with Crippen LogP contribution in [0.1, 0.15) is 53.7 Å². The third-order valence-corrected chi connectivity index (χ3v) is 5.03. The summed E-state index contributed by atoms with van der Waals surface area (Å²) >= 11 is 0. The molecule has 1 atom stereocenters. The number of hydrogen-bond donors (Lipinski definition) is 1. The van der Waals surface area contributed by atoms with Crippen LogP contribution in [0.3, 0.4) is 0 Å². The van der Waals surface area contributed by atoms with Crippen molar-refractivity contribution in [3.05, 3.63) is 65.2 Å². The van der Waals surface area contributed by atoms with Crippen molar-refractivity contribution >= 4 is 5.91 Å². The van der Waals surface area contributed by atoms with Gasteiger partial charge in [0.2, 0.25) is 0 Å². The Balaban J connectivity index is 1.56. The van der Waals surface area contributed by atoms with E-state index in [1.54, 1.807) is 7.11 Å². The Morgan fingerprint density at radius 3 is 2.31 bits per heavy atom. The van der Waals surface area contributed by atoms with Gasteiger partial charge in [0.15, 0.2) is 0 Å². The summed E-state index contributed by atoms with van der Waals surface area (Å²) in [5.74, 6) is 0.773. The van der Waals surface area contributed by atoms with Gasteiger partial charge in [0, 0.05) is 12.1 Å². The van der Waals surface area contributed by atoms with E-state index >= 15 is 0 Å². The minimum Gasteiger partial charge on any atom is -0.497 e. The van der Waals surface area contributed by atoms with Crippen LogP contribution in [0, 0.1) is 0 Å². The average Bonchev–Trinajstić information content (AvgIpc) is 2.69. The van der Waals surface area contributed by atoms with Crippen LogP contribution in [0.5, 0.6) is 5.75 Å². The second kappa shape index (κ2) is 8.86. The van der Waals surface area contributed by atoms with Crippen molar-refractivity contribution in [3.8, 4) is 5.75 Å². The maximum absolute atomic E-state index is 12.5. The summed E-state index contributed by atoms with van der Waals surface area (Å²) in [6.45, 7) is 5.33. The third-order valence-electron chi connectivity index (χ3n) is 5.03. The minimum absolute atomic E-state index is 0.0437. The smallest absolute Gasteiger partial charge is 0.251 e. The minimum atomic E-state index is -0.0542. The molecular formula is C22H28N2O2. The van der Waals surface area contributed by atoms with Gasteiger partial charge < -0.3 is 10.1 Å². The molecule has 0 spiro atoms. The molecule has 1 aliphatic rings. The number of ether oxygens (including phenoxy) is 1. The van der Waals surface area contributed by atoms with E-state index in [-0.39, 0.29) is 11.9 Å². The summed E-state index contributed by atoms with van der Waals surface area (Å²) in [7, 11) is 1.65. The number of rotatable bonds is 6. The number of hydrogen-bond acceptors (Lipinski definition) is 3. The number of carbonyl (C=O) groups excluding carboxylic acids is 1. The second-order valence-electron chi connectivity index (χ2n) is 7.00. The highest BCUT2D eigenvalue weighted by molar-refractivity contribution is 5.94. The summed E-state index contributed by atoms with van der Waals surface area (Å²) in [6, 6.07) is 15.7. The Morgan fingerprint density at radius 2 is 1.69 bits per heavy atom. The molecule has 0 unspecified atom stereocenters. The molecule has 138 valence electrons. The number of nitrogens with one attached hydrogen (secondary N) is 1. The maximum Gasteiger partial charge on any atom is 0.251 e. The van der Waals surface area contributed by atoms with Gasteiger partial charge in [-0.1, -0.05) is 30.7 Å². The van der Waals surface area contributed by atoms with E-state index in [1.165, 1.54) is 37.9 Å². The molecule has 1 N–H and O–H groups in total. The third kappa shape index (κ3) is 4.85. The Bertz CT molecular complexity index is 704. The van der Waals surface area contributed by atoms with E-state index in [0.717, 1.165) is 17.9 Å². The lowest BCUT2D eigenvalue weighted by Crippen LogP contribution is -2.29. The van der Waals surface area contributed by atoms with Crippen LogP contribution in [0.2, 0.25) is 0 Å². The lowest BCUT2D eigenvalue weighted by atomic mass is 10.1. The van der Waals surface area contributed by atoms with Crippen molar-refractivity contribution in [1.82, 2.24) is 10.2 Å². The molecule has 1 fully saturated rings. The van der Waals surface area contributed by atoms with Crippen LogP contribution in [0.4, 0.5) is 0 Å². The maximum atomic E-state index is 12.5. The van der Waals surface area contributed by atoms with Crippen molar-refractivity contribution in [2.24, 2.45) is 0 Å². The zero-order chi connectivity index (χ0) is 18.4. The fourth-order valence-electron chi connectivity index (χ4n) is 3.39. The Hall–Kier alpha value is -2.33.